The topological polar surface area (TPSA) is 55.4 Å². The molecule has 0 amide bonds. The fourth-order valence-electron chi connectivity index (χ4n) is 9.88. The minimum Gasteiger partial charge on any atom is -0.378 e. The van der Waals surface area contributed by atoms with Gasteiger partial charge in [0.05, 0.1) is 50.3 Å². The molecule has 0 spiro atoms. The molecule has 4 aliphatic heterocycles. The van der Waals surface area contributed by atoms with Gasteiger partial charge in [-0.3, -0.25) is 0 Å². The molecule has 0 aromatic heterocycles. The molecule has 6 nitrogen and oxygen atoms in total. The minimum atomic E-state index is -0.116. The molecule has 0 bridgehead atoms. The van der Waals surface area contributed by atoms with Gasteiger partial charge in [-0.2, -0.15) is 0 Å². The van der Waals surface area contributed by atoms with Crippen LogP contribution in [0.3, 0.4) is 0 Å². The highest BCUT2D eigenvalue weighted by atomic mass is 19.1. The molecule has 4 aromatic carbocycles. The van der Waals surface area contributed by atoms with Crippen LogP contribution in [0.15, 0.2) is 108 Å². The molecule has 5 fully saturated rings. The predicted molar refractivity (Wildman–Crippen MR) is 383 cm³/mol. The molecule has 4 heterocycles. The van der Waals surface area contributed by atoms with Crippen LogP contribution in [0.4, 0.5) is 17.6 Å². The van der Waals surface area contributed by atoms with Crippen LogP contribution in [0.1, 0.15) is 231 Å². The molecule has 6 unspecified atom stereocenters. The number of allylic oxidation sites excluding steroid dienone is 4. The van der Waals surface area contributed by atoms with Crippen molar-refractivity contribution in [3.63, 3.8) is 0 Å². The van der Waals surface area contributed by atoms with Gasteiger partial charge in [0.25, 0.3) is 0 Å². The van der Waals surface area contributed by atoms with Crippen LogP contribution in [-0.4, -0.2) is 64.4 Å². The highest BCUT2D eigenvalue weighted by Crippen LogP contribution is 2.31. The third kappa shape index (κ3) is 44.5. The molecule has 4 saturated heterocycles. The first-order chi connectivity index (χ1) is 43.3. The summed E-state index contributed by atoms with van der Waals surface area (Å²) in [4.78, 5) is 0. The third-order valence-electron chi connectivity index (χ3n) is 17.3. The van der Waals surface area contributed by atoms with Gasteiger partial charge >= 0.3 is 0 Å². The second-order valence-electron chi connectivity index (χ2n) is 28.6. The van der Waals surface area contributed by atoms with Gasteiger partial charge in [0.15, 0.2) is 12.6 Å². The van der Waals surface area contributed by atoms with Crippen molar-refractivity contribution in [1.29, 1.82) is 0 Å². The Bertz CT molecular complexity index is 2210. The maximum Gasteiger partial charge on any atom is 0.154 e. The molecule has 524 valence electrons. The van der Waals surface area contributed by atoms with Crippen LogP contribution >= 0.6 is 0 Å². The predicted octanol–water partition coefficient (Wildman–Crippen LogP) is 24.1. The Morgan fingerprint density at radius 3 is 0.717 bits per heavy atom. The first kappa shape index (κ1) is 85.9. The molecule has 0 radical (unpaired) electrons. The van der Waals surface area contributed by atoms with Crippen molar-refractivity contribution in [2.75, 3.05) is 39.6 Å². The van der Waals surface area contributed by atoms with Crippen LogP contribution in [0.2, 0.25) is 0 Å². The molecule has 7 aliphatic rings. The fraction of sp³-hybridized carbons (Fsp3) is 0.659. The van der Waals surface area contributed by atoms with Gasteiger partial charge in [-0.15, -0.1) is 0 Å². The van der Waals surface area contributed by atoms with Crippen LogP contribution < -0.4 is 0 Å². The van der Waals surface area contributed by atoms with Gasteiger partial charge in [0.2, 0.25) is 0 Å². The molecule has 4 aromatic rings. The molecule has 10 heteroatoms. The monoisotopic (exact) mass is 1290 g/mol. The average Bonchev–Trinajstić information content (AvgIpc) is 3.71. The molecular weight excluding hydrogens is 1160 g/mol. The highest BCUT2D eigenvalue weighted by Gasteiger charge is 2.18. The summed E-state index contributed by atoms with van der Waals surface area (Å²) < 4.78 is 82.0. The maximum atomic E-state index is 12.7. The number of halogens is 4. The zero-order valence-corrected chi connectivity index (χ0v) is 62.1. The zero-order valence-electron chi connectivity index (χ0n) is 62.1. The Kier molecular flexibility index (Phi) is 46.1. The number of hydrogen-bond donors (Lipinski definition) is 0. The van der Waals surface area contributed by atoms with Crippen LogP contribution in [0.5, 0.6) is 0 Å². The van der Waals surface area contributed by atoms with E-state index in [1.165, 1.54) is 98.6 Å². The van der Waals surface area contributed by atoms with E-state index in [2.05, 4.69) is 145 Å². The van der Waals surface area contributed by atoms with E-state index >= 15 is 0 Å². The molecule has 11 rings (SSSR count). The second-order valence-corrected chi connectivity index (χ2v) is 28.6. The van der Waals surface area contributed by atoms with Crippen molar-refractivity contribution < 1.29 is 46.0 Å². The van der Waals surface area contributed by atoms with Crippen LogP contribution in [-0.2, 0) is 28.4 Å². The van der Waals surface area contributed by atoms with Gasteiger partial charge in [0, 0.05) is 37.9 Å². The summed E-state index contributed by atoms with van der Waals surface area (Å²) in [6.07, 6.45) is 17.8. The van der Waals surface area contributed by atoms with E-state index in [0.29, 0.717) is 59.8 Å². The van der Waals surface area contributed by atoms with E-state index in [9.17, 15) is 17.6 Å². The second kappa shape index (κ2) is 49.4. The van der Waals surface area contributed by atoms with Gasteiger partial charge < -0.3 is 28.4 Å². The Balaban J connectivity index is 0.000000506. The largest absolute Gasteiger partial charge is 0.378 e. The molecular formula is C82H132F4O6. The third-order valence-corrected chi connectivity index (χ3v) is 17.3. The van der Waals surface area contributed by atoms with Crippen molar-refractivity contribution in [1.82, 2.24) is 0 Å². The standard InChI is InChI=1S/2C8H13F.2C8H9F.C8H16.2C8H10.2C7H14O.2C6H12O2/c4*1-6-3-4-7(2)8(9)5-6;3*1-7-3-5-8(2)6-4-7;2*1-6-3-4-7(2)8-5-6;2*1-5-3-7-6(2)8-4-5/h2*6H,3-5H2,1-2H3;2*3-5H,1-2H3;7-8H,3-6H2,1-2H3;2*3-6H,1-2H3;2*6-7H,3-5H2,1-2H3;2*5-6H,3-4H2,1-2H3. The van der Waals surface area contributed by atoms with Crippen molar-refractivity contribution in [3.8, 4) is 0 Å². The van der Waals surface area contributed by atoms with Crippen molar-refractivity contribution in [2.24, 2.45) is 47.3 Å². The number of hydrogen-bond acceptors (Lipinski definition) is 6. The quantitative estimate of drug-likeness (QED) is 0.164. The van der Waals surface area contributed by atoms with E-state index in [4.69, 9.17) is 28.4 Å². The summed E-state index contributed by atoms with van der Waals surface area (Å²) in [5.74, 6) is 5.95. The molecule has 6 atom stereocenters. The summed E-state index contributed by atoms with van der Waals surface area (Å²) in [6.45, 7) is 50.6. The van der Waals surface area contributed by atoms with E-state index in [-0.39, 0.29) is 35.9 Å². The van der Waals surface area contributed by atoms with Crippen molar-refractivity contribution >= 4 is 0 Å². The summed E-state index contributed by atoms with van der Waals surface area (Å²) in [6, 6.07) is 27.4. The van der Waals surface area contributed by atoms with Crippen LogP contribution in [0, 0.1) is 114 Å². The first-order valence-electron chi connectivity index (χ1n) is 35.2. The summed E-state index contributed by atoms with van der Waals surface area (Å²) in [5, 5.41) is 0. The Labute approximate surface area is 561 Å². The normalized spacial score (nSPS) is 26.5. The van der Waals surface area contributed by atoms with Gasteiger partial charge in [-0.25, -0.2) is 17.6 Å². The number of aryl methyl sites for hydroxylation is 8. The van der Waals surface area contributed by atoms with E-state index in [0.717, 1.165) is 98.4 Å². The molecule has 1 saturated carbocycles. The minimum absolute atomic E-state index is 0.0196. The lowest BCUT2D eigenvalue weighted by atomic mass is 9.84. The Hall–Kier alpha value is -4.16. The zero-order chi connectivity index (χ0) is 69.3. The highest BCUT2D eigenvalue weighted by molar-refractivity contribution is 5.23. The Morgan fingerprint density at radius 1 is 0.272 bits per heavy atom. The fourth-order valence-corrected chi connectivity index (χ4v) is 9.88. The maximum absolute atomic E-state index is 12.7. The lowest BCUT2D eigenvalue weighted by Crippen LogP contribution is -2.27. The average molecular weight is 1290 g/mol. The lowest BCUT2D eigenvalue weighted by molar-refractivity contribution is -0.187. The van der Waals surface area contributed by atoms with Crippen molar-refractivity contribution in [3.05, 3.63) is 164 Å². The first-order valence-corrected chi connectivity index (χ1v) is 35.2. The lowest BCUT2D eigenvalue weighted by Gasteiger charge is -2.24. The summed E-state index contributed by atoms with van der Waals surface area (Å²) in [7, 11) is 0. The van der Waals surface area contributed by atoms with E-state index in [1.54, 1.807) is 26.0 Å². The number of ether oxygens (including phenoxy) is 6. The van der Waals surface area contributed by atoms with E-state index in [1.807, 2.05) is 53.7 Å². The Morgan fingerprint density at radius 2 is 0.522 bits per heavy atom. The molecule has 0 N–H and O–H groups in total. The summed E-state index contributed by atoms with van der Waals surface area (Å²) >= 11 is 0. The molecule has 3 aliphatic carbocycles. The smallest absolute Gasteiger partial charge is 0.154 e. The SMILES string of the molecule is CC1=C(F)CC(C)CC1.CC1=C(F)CC(C)CC1.CC1CCC(C)CC1.CC1CCC(C)OC1.CC1CCC(C)OC1.CC1COC(C)OC1.CC1COC(C)OC1.Cc1ccc(C)c(F)c1.Cc1ccc(C)c(F)c1.Cc1ccc(C)cc1.Cc1ccc(C)cc1. The number of rotatable bonds is 0. The summed E-state index contributed by atoms with van der Waals surface area (Å²) in [5.41, 5.74) is 10.6. The van der Waals surface area contributed by atoms with E-state index < -0.39 is 0 Å². The van der Waals surface area contributed by atoms with Crippen LogP contribution in [0.25, 0.3) is 0 Å². The molecule has 92 heavy (non-hydrogen) atoms. The van der Waals surface area contributed by atoms with Gasteiger partial charge in [0.1, 0.15) is 11.6 Å². The van der Waals surface area contributed by atoms with Gasteiger partial charge in [-0.05, 0) is 229 Å². The number of benzene rings is 4. The van der Waals surface area contributed by atoms with Gasteiger partial charge in [-0.1, -0.05) is 176 Å². The van der Waals surface area contributed by atoms with Crippen molar-refractivity contribution in [2.45, 2.75) is 267 Å².